The summed E-state index contributed by atoms with van der Waals surface area (Å²) in [7, 11) is 0. The van der Waals surface area contributed by atoms with Crippen LogP contribution in [0.5, 0.6) is 0 Å². The van der Waals surface area contributed by atoms with Crippen LogP contribution in [-0.2, 0) is 31.3 Å². The van der Waals surface area contributed by atoms with Crippen molar-refractivity contribution in [1.82, 2.24) is 0 Å². The van der Waals surface area contributed by atoms with Gasteiger partial charge in [0.15, 0.2) is 22.8 Å². The molecule has 0 spiro atoms. The molecule has 8 nitrogen and oxygen atoms in total. The van der Waals surface area contributed by atoms with Crippen molar-refractivity contribution in [1.29, 1.82) is 0 Å². The molecule has 0 aliphatic heterocycles. The molecule has 372 valence electrons. The molecule has 8 N–H and O–H groups in total. The van der Waals surface area contributed by atoms with Crippen molar-refractivity contribution in [3.63, 3.8) is 0 Å². The second kappa shape index (κ2) is 21.2. The van der Waals surface area contributed by atoms with E-state index >= 15 is 0 Å². The average Bonchev–Trinajstić information content (AvgIpc) is 3.70. The number of ketones is 4. The van der Waals surface area contributed by atoms with Crippen molar-refractivity contribution >= 4 is 23.1 Å². The van der Waals surface area contributed by atoms with E-state index in [0.29, 0.717) is 22.7 Å². The van der Waals surface area contributed by atoms with Gasteiger partial charge >= 0.3 is 11.6 Å². The molecular weight excluding hydrogens is 897 g/mol. The zero-order valence-electron chi connectivity index (χ0n) is 43.0. The van der Waals surface area contributed by atoms with Crippen LogP contribution >= 0.6 is 0 Å². The van der Waals surface area contributed by atoms with Crippen LogP contribution in [0.15, 0.2) is 108 Å². The van der Waals surface area contributed by atoms with Crippen LogP contribution in [0.1, 0.15) is 169 Å². The standard InChI is InChI=1S/2C20H30O2.2C10H10O2.Ti/c2*1-18-9-6-14(21)12-13(18)4-5-15-16(18)7-10-19(2)17(15)8-11-20(19,3)22;2*1-8(11)7-10(12)9-5-3-2-4-6-9;/h2*12,15-17,22H,4-11H2,1-3H3;2*2-7,11H,1H3;/p+4/b;;2*8-7-;. The predicted octanol–water partition coefficient (Wildman–Crippen LogP) is 12.1. The van der Waals surface area contributed by atoms with Crippen LogP contribution in [0, 0.1) is 57.2 Å². The van der Waals surface area contributed by atoms with Crippen LogP contribution in [0.2, 0.25) is 0 Å². The number of carbonyl (C=O) groups is 2. The number of benzene rings is 2. The van der Waals surface area contributed by atoms with Gasteiger partial charge in [-0.2, -0.15) is 0 Å². The first-order valence-corrected chi connectivity index (χ1v) is 25.9. The summed E-state index contributed by atoms with van der Waals surface area (Å²) in [4.78, 5) is 42.4. The Morgan fingerprint density at radius 2 is 0.855 bits per heavy atom. The molecule has 8 aliphatic rings. The summed E-state index contributed by atoms with van der Waals surface area (Å²) in [6, 6.07) is 18.1. The van der Waals surface area contributed by atoms with Gasteiger partial charge < -0.3 is 20.4 Å². The molecule has 6 fully saturated rings. The Balaban J connectivity index is 0.000000157. The number of aliphatic hydroxyl groups is 2. The minimum atomic E-state index is -0.234. The molecule has 12 unspecified atom stereocenters. The van der Waals surface area contributed by atoms with Crippen molar-refractivity contribution in [2.45, 2.75) is 169 Å². The Morgan fingerprint density at radius 3 is 1.19 bits per heavy atom. The van der Waals surface area contributed by atoms with Crippen LogP contribution < -0.4 is 0 Å². The van der Waals surface area contributed by atoms with Crippen LogP contribution in [0.25, 0.3) is 0 Å². The van der Waals surface area contributed by atoms with E-state index in [-0.39, 0.29) is 77.7 Å². The fraction of sp³-hybridized carbons (Fsp3) is 0.600. The molecule has 0 aromatic heterocycles. The van der Waals surface area contributed by atoms with Gasteiger partial charge in [0.1, 0.15) is 0 Å². The number of allylic oxidation sites excluding steroid dienone is 6. The third-order valence-corrected chi connectivity index (χ3v) is 20.0. The van der Waals surface area contributed by atoms with Crippen molar-refractivity contribution in [3.05, 3.63) is 119 Å². The van der Waals surface area contributed by atoms with E-state index in [1.807, 2.05) is 48.6 Å². The van der Waals surface area contributed by atoms with E-state index in [9.17, 15) is 19.2 Å². The van der Waals surface area contributed by atoms with E-state index in [0.717, 1.165) is 86.9 Å². The quantitative estimate of drug-likeness (QED) is 0.103. The number of rotatable bonds is 4. The summed E-state index contributed by atoms with van der Waals surface area (Å²) in [6.07, 6.45) is 24.7. The molecule has 6 saturated carbocycles. The Labute approximate surface area is 427 Å². The average molecular weight is 981 g/mol. The maximum Gasteiger partial charge on any atom is 0.350 e. The number of hydrogen-bond donors (Lipinski definition) is 2. The van der Waals surface area contributed by atoms with Gasteiger partial charge in [-0.3, -0.25) is 19.2 Å². The molecule has 9 heteroatoms. The van der Waals surface area contributed by atoms with E-state index < -0.39 is 0 Å². The van der Waals surface area contributed by atoms with E-state index in [1.165, 1.54) is 88.5 Å². The van der Waals surface area contributed by atoms with Crippen LogP contribution in [-0.4, -0.2) is 64.4 Å². The van der Waals surface area contributed by atoms with Gasteiger partial charge in [0.25, 0.3) is 0 Å². The molecule has 0 saturated heterocycles. The fourth-order valence-corrected chi connectivity index (χ4v) is 15.4. The molecule has 2 aromatic rings. The Hall–Kier alpha value is -3.69. The van der Waals surface area contributed by atoms with Gasteiger partial charge in [-0.05, 0) is 174 Å². The van der Waals surface area contributed by atoms with Crippen LogP contribution in [0.4, 0.5) is 0 Å². The summed E-state index contributed by atoms with van der Waals surface area (Å²) in [5, 5.41) is 35.4. The van der Waals surface area contributed by atoms with Gasteiger partial charge in [0, 0.05) is 72.1 Å². The van der Waals surface area contributed by atoms with Crippen molar-refractivity contribution in [2.24, 2.45) is 57.2 Å². The summed E-state index contributed by atoms with van der Waals surface area (Å²) in [6.45, 7) is 17.1. The van der Waals surface area contributed by atoms with Gasteiger partial charge in [-0.1, -0.05) is 75.2 Å². The van der Waals surface area contributed by atoms with E-state index in [4.69, 9.17) is 20.4 Å². The number of carbonyl (C=O) groups excluding carboxylic acids is 4. The third-order valence-electron chi connectivity index (χ3n) is 20.0. The first kappa shape index (κ1) is 54.6. The predicted molar refractivity (Wildman–Crippen MR) is 275 cm³/mol. The van der Waals surface area contributed by atoms with E-state index in [1.54, 1.807) is 24.3 Å². The van der Waals surface area contributed by atoms with Crippen molar-refractivity contribution in [3.8, 4) is 0 Å². The fourth-order valence-electron chi connectivity index (χ4n) is 15.4. The maximum atomic E-state index is 11.8. The monoisotopic (exact) mass is 981 g/mol. The summed E-state index contributed by atoms with van der Waals surface area (Å²) in [5.41, 5.74) is 4.84. The molecule has 0 bridgehead atoms. The number of fused-ring (bicyclic) bond motifs is 10. The molecular formula is C60H84O8Ti+4. The summed E-state index contributed by atoms with van der Waals surface area (Å²) in [5.74, 6) is 5.63. The van der Waals surface area contributed by atoms with Gasteiger partial charge in [-0.25, -0.2) is 0 Å². The normalized spacial score (nSPS) is 38.5. The summed E-state index contributed by atoms with van der Waals surface area (Å²) >= 11 is 0. The van der Waals surface area contributed by atoms with Crippen molar-refractivity contribution in [2.75, 3.05) is 0 Å². The molecule has 0 amide bonds. The molecule has 0 heterocycles. The minimum Gasteiger partial charge on any atom is -0.512 e. The largest absolute Gasteiger partial charge is 0.512 e. The van der Waals surface area contributed by atoms with Gasteiger partial charge in [0.05, 0.1) is 34.8 Å². The Morgan fingerprint density at radius 1 is 0.522 bits per heavy atom. The smallest absolute Gasteiger partial charge is 0.350 e. The van der Waals surface area contributed by atoms with Gasteiger partial charge in [-0.15, -0.1) is 0 Å². The summed E-state index contributed by atoms with van der Waals surface area (Å²) < 4.78 is 0. The molecule has 0 radical (unpaired) electrons. The van der Waals surface area contributed by atoms with E-state index in [2.05, 4.69) is 41.5 Å². The Kier molecular flexibility index (Phi) is 16.8. The number of hydrogen-bond acceptors (Lipinski definition) is 4. The molecule has 10 rings (SSSR count). The first-order chi connectivity index (χ1) is 32.0. The molecule has 12 atom stereocenters. The number of aliphatic hydroxyl groups excluding tert-OH is 2. The topological polar surface area (TPSA) is 163 Å². The van der Waals surface area contributed by atoms with Crippen LogP contribution in [0.3, 0.4) is 0 Å². The zero-order chi connectivity index (χ0) is 49.5. The second-order valence-electron chi connectivity index (χ2n) is 23.7. The molecule has 69 heavy (non-hydrogen) atoms. The second-order valence-corrected chi connectivity index (χ2v) is 23.7. The minimum absolute atomic E-state index is 0. The zero-order valence-corrected chi connectivity index (χ0v) is 44.5. The third kappa shape index (κ3) is 10.8. The van der Waals surface area contributed by atoms with Crippen molar-refractivity contribution < 1.29 is 61.3 Å². The maximum absolute atomic E-state index is 11.8. The molecule has 8 aliphatic carbocycles. The van der Waals surface area contributed by atoms with Gasteiger partial charge in [0.2, 0.25) is 0 Å². The Bertz CT molecular complexity index is 2170. The molecule has 2 aromatic carbocycles. The first-order valence-electron chi connectivity index (χ1n) is 25.9. The SMILES string of the molecule is C/C(O)=C/C(=[OH+])c1ccccc1.C/C(O)=C/C(=[OH+])c1ccccc1.CC12CCC(=O)C=C1CCC1C2CCC2(C)C1CCC2(C)[OH2+].CC12CCC(=O)C=C1CCC1C2CCC2(C)C1CCC2(C)[OH2+].[Ti].